The number of ether oxygens (including phenoxy) is 1. The first-order valence-electron chi connectivity index (χ1n) is 12.8. The fourth-order valence-electron chi connectivity index (χ4n) is 3.23. The van der Waals surface area contributed by atoms with Gasteiger partial charge in [0.05, 0.1) is 21.8 Å². The number of hydrogen-bond acceptors (Lipinski definition) is 5. The Hall–Kier alpha value is -2.28. The van der Waals surface area contributed by atoms with Crippen LogP contribution in [0.5, 0.6) is 0 Å². The van der Waals surface area contributed by atoms with Gasteiger partial charge < -0.3 is 15.0 Å². The molecule has 6 nitrogen and oxygen atoms in total. The van der Waals surface area contributed by atoms with Crippen LogP contribution in [0, 0.1) is 24.1 Å². The maximum Gasteiger partial charge on any atom is 0.231 e. The van der Waals surface area contributed by atoms with Crippen molar-refractivity contribution in [2.75, 3.05) is 31.7 Å². The highest BCUT2D eigenvalue weighted by Gasteiger charge is 2.25. The van der Waals surface area contributed by atoms with Crippen LogP contribution in [0.1, 0.15) is 70.2 Å². The van der Waals surface area contributed by atoms with Crippen LogP contribution in [0.2, 0.25) is 0 Å². The second kappa shape index (κ2) is 20.7. The van der Waals surface area contributed by atoms with E-state index in [9.17, 15) is 14.0 Å². The van der Waals surface area contributed by atoms with Crippen LogP contribution in [0.3, 0.4) is 0 Å². The van der Waals surface area contributed by atoms with Crippen molar-refractivity contribution in [1.29, 1.82) is 5.26 Å². The molecule has 37 heavy (non-hydrogen) atoms. The molecule has 0 bridgehead atoms. The van der Waals surface area contributed by atoms with Gasteiger partial charge in [-0.3, -0.25) is 9.59 Å². The lowest BCUT2D eigenvalue weighted by atomic mass is 10.1. The van der Waals surface area contributed by atoms with Crippen molar-refractivity contribution < 1.29 is 18.7 Å². The molecular formula is C28H41BrFN3O3S. The van der Waals surface area contributed by atoms with Gasteiger partial charge >= 0.3 is 0 Å². The molecule has 1 aliphatic heterocycles. The zero-order valence-corrected chi connectivity index (χ0v) is 25.4. The molecule has 2 aromatic rings. The summed E-state index contributed by atoms with van der Waals surface area (Å²) in [5, 5.41) is 9.88. The third kappa shape index (κ3) is 12.2. The molecule has 0 atom stereocenters. The van der Waals surface area contributed by atoms with E-state index in [1.54, 1.807) is 24.9 Å². The number of anilines is 1. The van der Waals surface area contributed by atoms with Crippen molar-refractivity contribution in [2.45, 2.75) is 73.1 Å². The summed E-state index contributed by atoms with van der Waals surface area (Å²) in [6, 6.07) is 7.58. The SMILES string of the molecule is CC.CCCCCCOCCC.Cc1sc(-c2ccc3c(c2)N(C)C(=O)C3)c(Br)c1F.N#CCNC=O. The quantitative estimate of drug-likeness (QED) is 0.175. The van der Waals surface area contributed by atoms with Crippen molar-refractivity contribution in [3.63, 3.8) is 0 Å². The van der Waals surface area contributed by atoms with Gasteiger partial charge in [-0.25, -0.2) is 4.39 Å². The third-order valence-corrected chi connectivity index (χ3v) is 7.27. The van der Waals surface area contributed by atoms with Gasteiger partial charge in [0.2, 0.25) is 12.3 Å². The second-order valence-corrected chi connectivity index (χ2v) is 9.94. The molecule has 0 unspecified atom stereocenters. The Kier molecular flexibility index (Phi) is 19.5. The highest BCUT2D eigenvalue weighted by molar-refractivity contribution is 9.10. The number of unbranched alkanes of at least 4 members (excludes halogenated alkanes) is 3. The van der Waals surface area contributed by atoms with Gasteiger partial charge in [0.1, 0.15) is 6.54 Å². The molecule has 0 saturated heterocycles. The zero-order chi connectivity index (χ0) is 28.2. The molecular weight excluding hydrogens is 557 g/mol. The number of likely N-dealkylation sites (N-methyl/N-ethyl adjacent to an activating group) is 1. The first-order chi connectivity index (χ1) is 17.8. The predicted molar refractivity (Wildman–Crippen MR) is 156 cm³/mol. The second-order valence-electron chi connectivity index (χ2n) is 7.92. The average Bonchev–Trinajstić information content (AvgIpc) is 3.35. The highest BCUT2D eigenvalue weighted by Crippen LogP contribution is 2.41. The molecule has 2 heterocycles. The van der Waals surface area contributed by atoms with E-state index in [0.29, 0.717) is 22.2 Å². The topological polar surface area (TPSA) is 82.4 Å². The molecule has 3 rings (SSSR count). The number of carbonyl (C=O) groups excluding carboxylic acids is 2. The van der Waals surface area contributed by atoms with Crippen LogP contribution in [0.15, 0.2) is 22.7 Å². The molecule has 9 heteroatoms. The van der Waals surface area contributed by atoms with Crippen LogP contribution in [-0.4, -0.2) is 39.1 Å². The Morgan fingerprint density at radius 2 is 1.92 bits per heavy atom. The minimum Gasteiger partial charge on any atom is -0.381 e. The number of nitriles is 1. The normalized spacial score (nSPS) is 11.1. The maximum atomic E-state index is 13.7. The number of rotatable bonds is 10. The number of nitrogens with one attached hydrogen (secondary N) is 1. The van der Waals surface area contributed by atoms with Gasteiger partial charge in [-0.15, -0.1) is 11.3 Å². The minimum absolute atomic E-state index is 0.0970. The van der Waals surface area contributed by atoms with Crippen LogP contribution in [-0.2, 0) is 20.7 Å². The fourth-order valence-corrected chi connectivity index (χ4v) is 5.05. The van der Waals surface area contributed by atoms with E-state index in [0.717, 1.165) is 41.3 Å². The molecule has 0 fully saturated rings. The number of benzene rings is 1. The molecule has 0 aliphatic carbocycles. The fraction of sp³-hybridized carbons (Fsp3) is 0.536. The van der Waals surface area contributed by atoms with Crippen molar-refractivity contribution in [2.24, 2.45) is 0 Å². The number of thiophene rings is 1. The monoisotopic (exact) mass is 597 g/mol. The maximum absolute atomic E-state index is 13.7. The lowest BCUT2D eigenvalue weighted by Crippen LogP contribution is -2.20. The number of hydrogen-bond donors (Lipinski definition) is 1. The van der Waals surface area contributed by atoms with E-state index in [2.05, 4.69) is 35.1 Å². The predicted octanol–water partition coefficient (Wildman–Crippen LogP) is 7.42. The summed E-state index contributed by atoms with van der Waals surface area (Å²) in [4.78, 5) is 24.1. The van der Waals surface area contributed by atoms with Crippen molar-refractivity contribution in [1.82, 2.24) is 5.32 Å². The molecule has 1 N–H and O–H groups in total. The summed E-state index contributed by atoms with van der Waals surface area (Å²) in [5.41, 5.74) is 2.88. The lowest BCUT2D eigenvalue weighted by molar-refractivity contribution is -0.117. The van der Waals surface area contributed by atoms with E-state index < -0.39 is 0 Å². The van der Waals surface area contributed by atoms with Crippen molar-refractivity contribution in [3.05, 3.63) is 38.9 Å². The van der Waals surface area contributed by atoms with Crippen molar-refractivity contribution in [3.8, 4) is 16.5 Å². The number of amides is 2. The van der Waals surface area contributed by atoms with E-state index in [4.69, 9.17) is 10.00 Å². The number of aryl methyl sites for hydroxylation is 1. The summed E-state index contributed by atoms with van der Waals surface area (Å²) in [5.74, 6) is -0.107. The van der Waals surface area contributed by atoms with Gasteiger partial charge in [-0.1, -0.05) is 59.1 Å². The summed E-state index contributed by atoms with van der Waals surface area (Å²) in [6.07, 6.45) is 7.33. The molecule has 1 aromatic heterocycles. The Bertz CT molecular complexity index is 984. The molecule has 206 valence electrons. The first kappa shape index (κ1) is 34.7. The Morgan fingerprint density at radius 1 is 1.22 bits per heavy atom. The molecule has 1 aromatic carbocycles. The lowest BCUT2D eigenvalue weighted by Gasteiger charge is -2.11. The number of halogens is 2. The van der Waals surface area contributed by atoms with Gasteiger partial charge in [0, 0.05) is 30.8 Å². The molecule has 1 aliphatic rings. The highest BCUT2D eigenvalue weighted by atomic mass is 79.9. The Labute approximate surface area is 234 Å². The van der Waals surface area contributed by atoms with Gasteiger partial charge in [0.15, 0.2) is 5.82 Å². The van der Waals surface area contributed by atoms with Crippen LogP contribution < -0.4 is 10.2 Å². The van der Waals surface area contributed by atoms with E-state index in [-0.39, 0.29) is 18.3 Å². The van der Waals surface area contributed by atoms with Crippen LogP contribution >= 0.6 is 27.3 Å². The zero-order valence-electron chi connectivity index (χ0n) is 23.0. The first-order valence-corrected chi connectivity index (χ1v) is 14.4. The minimum atomic E-state index is -0.204. The van der Waals surface area contributed by atoms with E-state index in [1.807, 2.05) is 32.0 Å². The molecule has 0 saturated carbocycles. The van der Waals surface area contributed by atoms with Crippen LogP contribution in [0.4, 0.5) is 10.1 Å². The Morgan fingerprint density at radius 3 is 2.43 bits per heavy atom. The van der Waals surface area contributed by atoms with Crippen molar-refractivity contribution >= 4 is 45.3 Å². The molecule has 0 radical (unpaired) electrons. The standard InChI is InChI=1S/C14H11BrFNOS.C9H20O.C3H4N2O.C2H6/c1-7-13(16)12(15)14(19-7)9-4-3-8-6-11(18)17(2)10(8)5-9;1-3-5-6-7-9-10-8-4-2;4-1-2-5-3-6;1-2/h3-5H,6H2,1-2H3;3-9H2,1-2H3;3H,2H2,(H,5,6);1-2H3. The summed E-state index contributed by atoms with van der Waals surface area (Å²) in [6.45, 7) is 12.1. The number of fused-ring (bicyclic) bond motifs is 1. The molecule has 2 amide bonds. The van der Waals surface area contributed by atoms with Gasteiger partial charge in [-0.2, -0.15) is 5.26 Å². The van der Waals surface area contributed by atoms with Gasteiger partial charge in [-0.05, 0) is 52.9 Å². The van der Waals surface area contributed by atoms with Crippen LogP contribution in [0.25, 0.3) is 10.4 Å². The Balaban J connectivity index is 0.000000608. The summed E-state index contributed by atoms with van der Waals surface area (Å²) >= 11 is 4.72. The summed E-state index contributed by atoms with van der Waals surface area (Å²) < 4.78 is 19.6. The van der Waals surface area contributed by atoms with E-state index >= 15 is 0 Å². The summed E-state index contributed by atoms with van der Waals surface area (Å²) in [7, 11) is 1.77. The number of nitrogens with zero attached hydrogens (tertiary/aromatic N) is 2. The molecule has 0 spiro atoms. The van der Waals surface area contributed by atoms with Gasteiger partial charge in [0.25, 0.3) is 0 Å². The average molecular weight is 599 g/mol. The number of carbonyl (C=O) groups is 2. The largest absolute Gasteiger partial charge is 0.381 e. The smallest absolute Gasteiger partial charge is 0.231 e. The third-order valence-electron chi connectivity index (χ3n) is 5.14. The van der Waals surface area contributed by atoms with E-state index in [1.165, 1.54) is 37.0 Å².